The Balaban J connectivity index is 1.66. The molecule has 1 aliphatic rings. The van der Waals surface area contributed by atoms with E-state index in [0.717, 1.165) is 43.4 Å². The van der Waals surface area contributed by atoms with E-state index in [9.17, 15) is 8.42 Å². The largest absolute Gasteiger partial charge is 0.497 e. The zero-order valence-corrected chi connectivity index (χ0v) is 17.6. The molecular weight excluding hydrogens is 376 g/mol. The summed E-state index contributed by atoms with van der Waals surface area (Å²) in [5, 5.41) is 0. The van der Waals surface area contributed by atoms with E-state index in [0.29, 0.717) is 18.0 Å². The number of benzene rings is 1. The van der Waals surface area contributed by atoms with Crippen LogP contribution in [0, 0.1) is 0 Å². The second-order valence-corrected chi connectivity index (χ2v) is 8.61. The summed E-state index contributed by atoms with van der Waals surface area (Å²) in [7, 11) is -1.76. The standard InChI is InChI=1S/C20H28N4O3S/c1-4-24(5-2)28(25,26)19-9-10-20(21-16-19)23-13-11-22(12-14-23)17-7-6-8-18(15-17)27-3/h6-10,15-16H,4-5,11-14H2,1-3H3/p+1. The van der Waals surface area contributed by atoms with Crippen molar-refractivity contribution in [3.63, 3.8) is 0 Å². The number of hydrogen-bond acceptors (Lipinski definition) is 5. The quantitative estimate of drug-likeness (QED) is 0.704. The summed E-state index contributed by atoms with van der Waals surface area (Å²) in [6.07, 6.45) is 1.59. The predicted molar refractivity (Wildman–Crippen MR) is 111 cm³/mol. The van der Waals surface area contributed by atoms with Gasteiger partial charge in [0.25, 0.3) is 5.82 Å². The predicted octanol–water partition coefficient (Wildman–Crippen LogP) is 1.87. The molecule has 0 spiro atoms. The fourth-order valence-corrected chi connectivity index (χ4v) is 4.91. The topological polar surface area (TPSA) is 67.2 Å². The number of pyridine rings is 1. The number of methoxy groups -OCH3 is 1. The maximum absolute atomic E-state index is 12.6. The van der Waals surface area contributed by atoms with Gasteiger partial charge in [-0.1, -0.05) is 19.9 Å². The van der Waals surface area contributed by atoms with Gasteiger partial charge in [-0.15, -0.1) is 0 Å². The minimum atomic E-state index is -3.44. The average Bonchev–Trinajstić information content (AvgIpc) is 2.74. The highest BCUT2D eigenvalue weighted by Crippen LogP contribution is 2.23. The average molecular weight is 406 g/mol. The first kappa shape index (κ1) is 20.4. The smallest absolute Gasteiger partial charge is 0.274 e. The molecule has 2 aromatic rings. The summed E-state index contributed by atoms with van der Waals surface area (Å²) < 4.78 is 32.0. The minimum absolute atomic E-state index is 0.301. The van der Waals surface area contributed by atoms with E-state index < -0.39 is 10.0 Å². The summed E-state index contributed by atoms with van der Waals surface area (Å²) in [5.74, 6) is 1.79. The number of ether oxygens (including phenoxy) is 1. The second-order valence-electron chi connectivity index (χ2n) is 6.67. The summed E-state index contributed by atoms with van der Waals surface area (Å²) in [4.78, 5) is 8.04. The van der Waals surface area contributed by atoms with Crippen molar-refractivity contribution >= 4 is 21.5 Å². The number of sulfonamides is 1. The SMILES string of the molecule is CCN(CC)S(=O)(=O)c1ccc(N2CCN(c3cccc(OC)c3)CC2)[nH+]c1. The molecule has 1 aliphatic heterocycles. The number of piperazine rings is 1. The molecule has 1 aromatic heterocycles. The molecule has 7 nitrogen and oxygen atoms in total. The highest BCUT2D eigenvalue weighted by molar-refractivity contribution is 7.89. The number of nitrogens with one attached hydrogen (secondary N) is 1. The molecule has 8 heteroatoms. The maximum Gasteiger partial charge on any atom is 0.274 e. The number of H-pyrrole nitrogens is 1. The van der Waals surface area contributed by atoms with Crippen LogP contribution in [0.15, 0.2) is 47.5 Å². The maximum atomic E-state index is 12.6. The van der Waals surface area contributed by atoms with Crippen molar-refractivity contribution in [2.45, 2.75) is 18.7 Å². The fraction of sp³-hybridized carbons (Fsp3) is 0.450. The van der Waals surface area contributed by atoms with Gasteiger partial charge in [-0.3, -0.25) is 4.90 Å². The van der Waals surface area contributed by atoms with E-state index in [1.54, 1.807) is 19.4 Å². The molecule has 0 unspecified atom stereocenters. The molecule has 3 rings (SSSR count). The van der Waals surface area contributed by atoms with Crippen LogP contribution in [0.1, 0.15) is 13.8 Å². The highest BCUT2D eigenvalue weighted by Gasteiger charge is 2.26. The Morgan fingerprint density at radius 2 is 1.71 bits per heavy atom. The Kier molecular flexibility index (Phi) is 6.41. The van der Waals surface area contributed by atoms with Crippen molar-refractivity contribution < 1.29 is 18.1 Å². The van der Waals surface area contributed by atoms with Gasteiger partial charge in [0.15, 0.2) is 0 Å². The van der Waals surface area contributed by atoms with Crippen molar-refractivity contribution in [3.8, 4) is 5.75 Å². The van der Waals surface area contributed by atoms with Crippen molar-refractivity contribution in [2.75, 3.05) is 56.2 Å². The van der Waals surface area contributed by atoms with Crippen molar-refractivity contribution in [1.29, 1.82) is 0 Å². The van der Waals surface area contributed by atoms with Gasteiger partial charge < -0.3 is 9.64 Å². The van der Waals surface area contributed by atoms with Gasteiger partial charge >= 0.3 is 0 Å². The first-order chi connectivity index (χ1) is 13.5. The normalized spacial score (nSPS) is 15.1. The lowest BCUT2D eigenvalue weighted by Gasteiger charge is -2.32. The number of aromatic nitrogens is 1. The Bertz CT molecular complexity index is 875. The van der Waals surface area contributed by atoms with Crippen molar-refractivity contribution in [1.82, 2.24) is 4.31 Å². The number of rotatable bonds is 7. The third kappa shape index (κ3) is 4.23. The lowest BCUT2D eigenvalue weighted by atomic mass is 10.2. The van der Waals surface area contributed by atoms with E-state index in [1.165, 1.54) is 4.31 Å². The molecule has 1 N–H and O–H groups in total. The fourth-order valence-electron chi connectivity index (χ4n) is 3.48. The Morgan fingerprint density at radius 3 is 2.29 bits per heavy atom. The molecule has 2 heterocycles. The van der Waals surface area contributed by atoms with Crippen LogP contribution in [0.3, 0.4) is 0 Å². The van der Waals surface area contributed by atoms with Crippen LogP contribution in [0.2, 0.25) is 0 Å². The Morgan fingerprint density at radius 1 is 1.04 bits per heavy atom. The molecule has 0 amide bonds. The van der Waals surface area contributed by atoms with Crippen molar-refractivity contribution in [3.05, 3.63) is 42.6 Å². The Labute approximate surface area is 167 Å². The molecule has 1 aromatic carbocycles. The molecule has 0 atom stereocenters. The van der Waals surface area contributed by atoms with E-state index in [1.807, 2.05) is 32.0 Å². The number of aromatic amines is 1. The van der Waals surface area contributed by atoms with Gasteiger partial charge in [0, 0.05) is 30.9 Å². The van der Waals surface area contributed by atoms with Crippen LogP contribution in [-0.4, -0.2) is 59.1 Å². The monoisotopic (exact) mass is 405 g/mol. The zero-order valence-electron chi connectivity index (χ0n) is 16.8. The summed E-state index contributed by atoms with van der Waals surface area (Å²) in [6.45, 7) is 8.12. The van der Waals surface area contributed by atoms with Gasteiger partial charge in [-0.05, 0) is 18.2 Å². The first-order valence-electron chi connectivity index (χ1n) is 9.65. The molecule has 0 aliphatic carbocycles. The molecule has 0 radical (unpaired) electrons. The molecule has 0 bridgehead atoms. The molecule has 152 valence electrons. The second kappa shape index (κ2) is 8.79. The van der Waals surface area contributed by atoms with Gasteiger partial charge in [-0.2, -0.15) is 4.31 Å². The summed E-state index contributed by atoms with van der Waals surface area (Å²) in [5.41, 5.74) is 1.16. The summed E-state index contributed by atoms with van der Waals surface area (Å²) in [6, 6.07) is 11.6. The molecule has 1 saturated heterocycles. The number of anilines is 2. The van der Waals surface area contributed by atoms with Crippen LogP contribution in [0.25, 0.3) is 0 Å². The number of nitrogens with zero attached hydrogens (tertiary/aromatic N) is 3. The van der Waals surface area contributed by atoms with Crippen LogP contribution in [0.5, 0.6) is 5.75 Å². The van der Waals surface area contributed by atoms with E-state index in [-0.39, 0.29) is 0 Å². The Hall–Kier alpha value is -2.32. The van der Waals surface area contributed by atoms with Crippen LogP contribution in [-0.2, 0) is 10.0 Å². The minimum Gasteiger partial charge on any atom is -0.497 e. The van der Waals surface area contributed by atoms with Crippen molar-refractivity contribution in [2.24, 2.45) is 0 Å². The van der Waals surface area contributed by atoms with Gasteiger partial charge in [-0.25, -0.2) is 13.4 Å². The number of hydrogen-bond donors (Lipinski definition) is 0. The third-order valence-corrected chi connectivity index (χ3v) is 7.20. The van der Waals surface area contributed by atoms with E-state index >= 15 is 0 Å². The van der Waals surface area contributed by atoms with Gasteiger partial charge in [0.2, 0.25) is 10.0 Å². The molecule has 28 heavy (non-hydrogen) atoms. The molecular formula is C20H29N4O3S+. The van der Waals surface area contributed by atoms with Gasteiger partial charge in [0.1, 0.15) is 29.9 Å². The van der Waals surface area contributed by atoms with Crippen LogP contribution >= 0.6 is 0 Å². The first-order valence-corrected chi connectivity index (χ1v) is 11.1. The lowest BCUT2D eigenvalue weighted by Crippen LogP contribution is -2.48. The molecule has 0 saturated carbocycles. The lowest BCUT2D eigenvalue weighted by molar-refractivity contribution is -0.367. The highest BCUT2D eigenvalue weighted by atomic mass is 32.2. The summed E-state index contributed by atoms with van der Waals surface area (Å²) >= 11 is 0. The van der Waals surface area contributed by atoms with E-state index in [2.05, 4.69) is 26.9 Å². The van der Waals surface area contributed by atoms with E-state index in [4.69, 9.17) is 4.74 Å². The molecule has 1 fully saturated rings. The van der Waals surface area contributed by atoms with Gasteiger partial charge in [0.05, 0.1) is 20.2 Å². The van der Waals surface area contributed by atoms with Crippen LogP contribution in [0.4, 0.5) is 11.5 Å². The third-order valence-electron chi connectivity index (χ3n) is 5.15. The van der Waals surface area contributed by atoms with Crippen LogP contribution < -0.4 is 19.5 Å². The zero-order chi connectivity index (χ0) is 20.1.